The molecule has 4 rings (SSSR count). The minimum absolute atomic E-state index is 0.138. The molecular formula is C20H22N6O. The van der Waals surface area contributed by atoms with Gasteiger partial charge in [-0.3, -0.25) is 9.78 Å². The van der Waals surface area contributed by atoms with Gasteiger partial charge in [0.25, 0.3) is 5.91 Å². The van der Waals surface area contributed by atoms with E-state index in [1.807, 2.05) is 41.9 Å². The van der Waals surface area contributed by atoms with Gasteiger partial charge in [0.05, 0.1) is 11.9 Å². The number of carbonyl (C=O) groups excluding carboxylic acids is 1. The highest BCUT2D eigenvalue weighted by Crippen LogP contribution is 2.32. The van der Waals surface area contributed by atoms with Crippen LogP contribution in [0.3, 0.4) is 0 Å². The lowest BCUT2D eigenvalue weighted by Gasteiger charge is -2.09. The van der Waals surface area contributed by atoms with Crippen LogP contribution in [0.4, 0.5) is 11.6 Å². The van der Waals surface area contributed by atoms with Gasteiger partial charge in [0.2, 0.25) is 5.95 Å². The van der Waals surface area contributed by atoms with Gasteiger partial charge in [-0.15, -0.1) is 0 Å². The molecule has 1 fully saturated rings. The summed E-state index contributed by atoms with van der Waals surface area (Å²) in [6.07, 6.45) is 11.4. The molecule has 7 nitrogen and oxygen atoms in total. The highest BCUT2D eigenvalue weighted by Gasteiger charge is 2.24. The molecule has 1 aliphatic rings. The Balaban J connectivity index is 1.62. The molecule has 3 aromatic rings. The van der Waals surface area contributed by atoms with Crippen molar-refractivity contribution in [1.82, 2.24) is 19.5 Å². The third kappa shape index (κ3) is 3.97. The number of aromatic nitrogens is 4. The van der Waals surface area contributed by atoms with Crippen LogP contribution < -0.4 is 10.2 Å². The lowest BCUT2D eigenvalue weighted by molar-refractivity contribution is 0.101. The standard InChI is InChI=1S/C20H22N6O/c1-25(2)20-22-9-16(10-23-20)15-8-18(26(13-15)12-14-5-6-14)19(27)24-17-4-3-7-21-11-17/h3-4,7-11,13-14H,5-6,12H2,1-2H3,(H,24,27). The van der Waals surface area contributed by atoms with Crippen LogP contribution in [0.15, 0.2) is 49.2 Å². The van der Waals surface area contributed by atoms with E-state index >= 15 is 0 Å². The Labute approximate surface area is 158 Å². The second-order valence-corrected chi connectivity index (χ2v) is 7.07. The normalized spacial score (nSPS) is 13.4. The fourth-order valence-electron chi connectivity index (χ4n) is 2.92. The number of nitrogens with zero attached hydrogens (tertiary/aromatic N) is 5. The molecule has 27 heavy (non-hydrogen) atoms. The van der Waals surface area contributed by atoms with E-state index in [2.05, 4.69) is 20.3 Å². The van der Waals surface area contributed by atoms with Gasteiger partial charge in [0.15, 0.2) is 0 Å². The second kappa shape index (κ2) is 7.19. The van der Waals surface area contributed by atoms with Crippen molar-refractivity contribution in [1.29, 1.82) is 0 Å². The first kappa shape index (κ1) is 17.2. The second-order valence-electron chi connectivity index (χ2n) is 7.07. The zero-order valence-corrected chi connectivity index (χ0v) is 15.5. The first-order valence-corrected chi connectivity index (χ1v) is 9.01. The number of anilines is 2. The zero-order valence-electron chi connectivity index (χ0n) is 15.5. The van der Waals surface area contributed by atoms with Crippen LogP contribution in [-0.4, -0.2) is 39.5 Å². The van der Waals surface area contributed by atoms with Crippen LogP contribution in [0.25, 0.3) is 11.1 Å². The van der Waals surface area contributed by atoms with Crippen molar-refractivity contribution < 1.29 is 4.79 Å². The molecule has 0 bridgehead atoms. The number of hydrogen-bond donors (Lipinski definition) is 1. The van der Waals surface area contributed by atoms with Gasteiger partial charge in [-0.05, 0) is 37.0 Å². The van der Waals surface area contributed by atoms with E-state index in [1.165, 1.54) is 12.8 Å². The summed E-state index contributed by atoms with van der Waals surface area (Å²) in [6.45, 7) is 0.854. The third-order valence-electron chi connectivity index (χ3n) is 4.57. The average Bonchev–Trinajstić information content (AvgIpc) is 3.39. The Bertz CT molecular complexity index is 929. The first-order valence-electron chi connectivity index (χ1n) is 9.01. The van der Waals surface area contributed by atoms with E-state index < -0.39 is 0 Å². The molecule has 1 amide bonds. The predicted octanol–water partition coefficient (Wildman–Crippen LogP) is 3.07. The van der Waals surface area contributed by atoms with Gasteiger partial charge in [-0.1, -0.05) is 0 Å². The van der Waals surface area contributed by atoms with E-state index in [9.17, 15) is 4.79 Å². The van der Waals surface area contributed by atoms with Crippen LogP contribution in [0.1, 0.15) is 23.3 Å². The maximum absolute atomic E-state index is 12.8. The highest BCUT2D eigenvalue weighted by molar-refractivity contribution is 6.04. The van der Waals surface area contributed by atoms with Gasteiger partial charge in [-0.2, -0.15) is 0 Å². The average molecular weight is 362 g/mol. The number of amides is 1. The van der Waals surface area contributed by atoms with Gasteiger partial charge >= 0.3 is 0 Å². The SMILES string of the molecule is CN(C)c1ncc(-c2cc(C(=O)Nc3cccnc3)n(CC3CC3)c2)cn1. The van der Waals surface area contributed by atoms with E-state index in [0.29, 0.717) is 23.2 Å². The molecule has 138 valence electrons. The maximum atomic E-state index is 12.8. The summed E-state index contributed by atoms with van der Waals surface area (Å²) < 4.78 is 2.04. The van der Waals surface area contributed by atoms with Crippen molar-refractivity contribution in [2.75, 3.05) is 24.3 Å². The molecule has 3 heterocycles. The Morgan fingerprint density at radius 3 is 2.63 bits per heavy atom. The molecular weight excluding hydrogens is 340 g/mol. The molecule has 0 aliphatic heterocycles. The van der Waals surface area contributed by atoms with Crippen molar-refractivity contribution in [3.8, 4) is 11.1 Å². The minimum Gasteiger partial charge on any atom is -0.347 e. The van der Waals surface area contributed by atoms with Gasteiger partial charge < -0.3 is 14.8 Å². The van der Waals surface area contributed by atoms with Crippen LogP contribution in [0.5, 0.6) is 0 Å². The Morgan fingerprint density at radius 2 is 2.00 bits per heavy atom. The molecule has 0 saturated heterocycles. The monoisotopic (exact) mass is 362 g/mol. The molecule has 1 N–H and O–H groups in total. The number of nitrogens with one attached hydrogen (secondary N) is 1. The number of pyridine rings is 1. The number of hydrogen-bond acceptors (Lipinski definition) is 5. The molecule has 3 aromatic heterocycles. The van der Waals surface area contributed by atoms with Crippen LogP contribution >= 0.6 is 0 Å². The van der Waals surface area contributed by atoms with Crippen molar-refractivity contribution in [3.63, 3.8) is 0 Å². The van der Waals surface area contributed by atoms with E-state index in [-0.39, 0.29) is 5.91 Å². The summed E-state index contributed by atoms with van der Waals surface area (Å²) >= 11 is 0. The highest BCUT2D eigenvalue weighted by atomic mass is 16.1. The van der Waals surface area contributed by atoms with Crippen LogP contribution in [0.2, 0.25) is 0 Å². The summed E-state index contributed by atoms with van der Waals surface area (Å²) in [5.74, 6) is 1.17. The number of carbonyl (C=O) groups is 1. The summed E-state index contributed by atoms with van der Waals surface area (Å²) in [4.78, 5) is 27.5. The minimum atomic E-state index is -0.138. The van der Waals surface area contributed by atoms with Gasteiger partial charge in [0.1, 0.15) is 5.69 Å². The predicted molar refractivity (Wildman–Crippen MR) is 105 cm³/mol. The summed E-state index contributed by atoms with van der Waals surface area (Å²) in [7, 11) is 3.81. The molecule has 7 heteroatoms. The molecule has 0 spiro atoms. The smallest absolute Gasteiger partial charge is 0.272 e. The zero-order chi connectivity index (χ0) is 18.8. The topological polar surface area (TPSA) is 75.9 Å². The van der Waals surface area contributed by atoms with E-state index in [4.69, 9.17) is 0 Å². The Hall–Kier alpha value is -3.22. The third-order valence-corrected chi connectivity index (χ3v) is 4.57. The molecule has 0 atom stereocenters. The Kier molecular flexibility index (Phi) is 4.58. The van der Waals surface area contributed by atoms with Crippen LogP contribution in [-0.2, 0) is 6.54 Å². The Morgan fingerprint density at radius 1 is 1.22 bits per heavy atom. The maximum Gasteiger partial charge on any atom is 0.272 e. The molecule has 0 radical (unpaired) electrons. The van der Waals surface area contributed by atoms with Crippen molar-refractivity contribution >= 4 is 17.5 Å². The largest absolute Gasteiger partial charge is 0.347 e. The summed E-state index contributed by atoms with van der Waals surface area (Å²) in [6, 6.07) is 5.53. The van der Waals surface area contributed by atoms with Gasteiger partial charge in [-0.25, -0.2) is 9.97 Å². The van der Waals surface area contributed by atoms with E-state index in [0.717, 1.165) is 17.7 Å². The molecule has 1 saturated carbocycles. The summed E-state index contributed by atoms with van der Waals surface area (Å²) in [5.41, 5.74) is 3.15. The van der Waals surface area contributed by atoms with Crippen molar-refractivity contribution in [2.45, 2.75) is 19.4 Å². The van der Waals surface area contributed by atoms with E-state index in [1.54, 1.807) is 30.9 Å². The van der Waals surface area contributed by atoms with Gasteiger partial charge in [0, 0.05) is 56.6 Å². The fourth-order valence-corrected chi connectivity index (χ4v) is 2.92. The first-order chi connectivity index (χ1) is 13.1. The number of rotatable bonds is 6. The lowest BCUT2D eigenvalue weighted by atomic mass is 10.2. The molecule has 0 aromatic carbocycles. The quantitative estimate of drug-likeness (QED) is 0.729. The molecule has 0 unspecified atom stereocenters. The van der Waals surface area contributed by atoms with Crippen molar-refractivity contribution in [3.05, 3.63) is 54.9 Å². The van der Waals surface area contributed by atoms with Crippen molar-refractivity contribution in [2.24, 2.45) is 5.92 Å². The van der Waals surface area contributed by atoms with Crippen LogP contribution in [0, 0.1) is 5.92 Å². The molecule has 1 aliphatic carbocycles. The summed E-state index contributed by atoms with van der Waals surface area (Å²) in [5, 5.41) is 2.92. The lowest BCUT2D eigenvalue weighted by Crippen LogP contribution is -2.17. The fraction of sp³-hybridized carbons (Fsp3) is 0.300.